The summed E-state index contributed by atoms with van der Waals surface area (Å²) in [6.45, 7) is 0. The largest absolute Gasteiger partial charge is 0.366 e. The number of aromatic nitrogens is 5. The molecule has 7 nitrogen and oxygen atoms in total. The summed E-state index contributed by atoms with van der Waals surface area (Å²) in [5.41, 5.74) is 13.9. The Morgan fingerprint density at radius 2 is 1.30 bits per heavy atom. The first-order chi connectivity index (χ1) is 24.6. The quantitative estimate of drug-likeness (QED) is 0.123. The van der Waals surface area contributed by atoms with E-state index in [0.29, 0.717) is 11.4 Å². The van der Waals surface area contributed by atoms with Crippen LogP contribution in [0.15, 0.2) is 169 Å². The smallest absolute Gasteiger partial charge is 0.250 e. The molecule has 8 aromatic rings. The lowest BCUT2D eigenvalue weighted by Gasteiger charge is -2.36. The van der Waals surface area contributed by atoms with Gasteiger partial charge in [0.15, 0.2) is 0 Å². The molecule has 0 radical (unpaired) electrons. The van der Waals surface area contributed by atoms with Gasteiger partial charge in [0.05, 0.1) is 16.6 Å². The lowest BCUT2D eigenvalue weighted by atomic mass is 9.77. The van der Waals surface area contributed by atoms with Gasteiger partial charge in [0, 0.05) is 28.4 Å². The van der Waals surface area contributed by atoms with Crippen molar-refractivity contribution >= 4 is 28.7 Å². The Morgan fingerprint density at radius 1 is 0.700 bits per heavy atom. The summed E-state index contributed by atoms with van der Waals surface area (Å²) in [6.07, 6.45) is 7.49. The van der Waals surface area contributed by atoms with Crippen molar-refractivity contribution in [3.8, 4) is 28.2 Å². The predicted octanol–water partition coefficient (Wildman–Crippen LogP) is 8.61. The summed E-state index contributed by atoms with van der Waals surface area (Å²) in [5.74, 6) is 0.130. The van der Waals surface area contributed by atoms with Crippen LogP contribution in [0.5, 0.6) is 0 Å². The first-order valence-corrected chi connectivity index (χ1v) is 17.4. The fourth-order valence-corrected chi connectivity index (χ4v) is 7.10. The molecule has 0 saturated carbocycles. The van der Waals surface area contributed by atoms with E-state index in [1.165, 1.54) is 11.1 Å². The van der Waals surface area contributed by atoms with Crippen LogP contribution < -0.4 is 5.73 Å². The van der Waals surface area contributed by atoms with Crippen LogP contribution in [0, 0.1) is 0 Å². The second-order valence-corrected chi connectivity index (χ2v) is 12.8. The average Bonchev–Trinajstić information content (AvgIpc) is 3.82. The lowest BCUT2D eigenvalue weighted by Crippen LogP contribution is -2.38. The second-order valence-electron chi connectivity index (χ2n) is 12.0. The SMILES string of the molecule is CSc1ccc(-c2nn(C(c3ccccc3)(c3ccccc3)c3ccccc3)cc2-c2ccc3c(c2)ncn3-c2ccc(C(N)=O)cn2)cc1. The maximum Gasteiger partial charge on any atom is 0.250 e. The van der Waals surface area contributed by atoms with E-state index in [1.54, 1.807) is 30.2 Å². The van der Waals surface area contributed by atoms with Crippen LogP contribution in [0.2, 0.25) is 0 Å². The van der Waals surface area contributed by atoms with Crippen molar-refractivity contribution < 1.29 is 4.79 Å². The summed E-state index contributed by atoms with van der Waals surface area (Å²) in [7, 11) is 0. The molecule has 8 heteroatoms. The molecule has 0 fully saturated rings. The maximum absolute atomic E-state index is 11.6. The molecule has 50 heavy (non-hydrogen) atoms. The lowest BCUT2D eigenvalue weighted by molar-refractivity contribution is 0.1000. The number of fused-ring (bicyclic) bond motifs is 1. The van der Waals surface area contributed by atoms with E-state index in [0.717, 1.165) is 50.1 Å². The number of thioether (sulfide) groups is 1. The number of primary amides is 1. The third-order valence-electron chi connectivity index (χ3n) is 9.13. The van der Waals surface area contributed by atoms with Gasteiger partial charge in [-0.3, -0.25) is 14.0 Å². The molecule has 2 N–H and O–H groups in total. The average molecular weight is 669 g/mol. The van der Waals surface area contributed by atoms with Crippen molar-refractivity contribution in [1.82, 2.24) is 24.3 Å². The van der Waals surface area contributed by atoms with Gasteiger partial charge in [-0.05, 0) is 64.9 Å². The zero-order chi connectivity index (χ0) is 34.1. The summed E-state index contributed by atoms with van der Waals surface area (Å²) in [5, 5.41) is 5.51. The number of carbonyl (C=O) groups is 1. The summed E-state index contributed by atoms with van der Waals surface area (Å²) in [6, 6.07) is 50.0. The fourth-order valence-electron chi connectivity index (χ4n) is 6.69. The first kappa shape index (κ1) is 31.0. The van der Waals surface area contributed by atoms with Crippen LogP contribution in [-0.4, -0.2) is 36.5 Å². The monoisotopic (exact) mass is 668 g/mol. The number of hydrogen-bond donors (Lipinski definition) is 1. The topological polar surface area (TPSA) is 91.6 Å². The van der Waals surface area contributed by atoms with Gasteiger partial charge in [-0.1, -0.05) is 109 Å². The first-order valence-electron chi connectivity index (χ1n) is 16.2. The molecule has 3 heterocycles. The van der Waals surface area contributed by atoms with Crippen LogP contribution in [0.25, 0.3) is 39.2 Å². The van der Waals surface area contributed by atoms with E-state index < -0.39 is 11.4 Å². The van der Waals surface area contributed by atoms with Crippen molar-refractivity contribution in [2.45, 2.75) is 10.4 Å². The van der Waals surface area contributed by atoms with E-state index in [4.69, 9.17) is 15.8 Å². The Morgan fingerprint density at radius 3 is 1.84 bits per heavy atom. The molecule has 5 aromatic carbocycles. The Labute approximate surface area is 294 Å². The highest BCUT2D eigenvalue weighted by molar-refractivity contribution is 7.98. The van der Waals surface area contributed by atoms with Gasteiger partial charge < -0.3 is 5.73 Å². The molecule has 0 aliphatic heterocycles. The molecule has 0 aliphatic rings. The molecular weight excluding hydrogens is 637 g/mol. The van der Waals surface area contributed by atoms with Crippen molar-refractivity contribution in [3.63, 3.8) is 0 Å². The van der Waals surface area contributed by atoms with Crippen molar-refractivity contribution in [3.05, 3.63) is 187 Å². The summed E-state index contributed by atoms with van der Waals surface area (Å²) < 4.78 is 4.04. The molecular formula is C42H32N6OS. The number of nitrogens with zero attached hydrogens (tertiary/aromatic N) is 5. The van der Waals surface area contributed by atoms with Crippen molar-refractivity contribution in [1.29, 1.82) is 0 Å². The van der Waals surface area contributed by atoms with Crippen LogP contribution >= 0.6 is 11.8 Å². The van der Waals surface area contributed by atoms with Crippen LogP contribution in [0.3, 0.4) is 0 Å². The zero-order valence-electron chi connectivity index (χ0n) is 27.2. The number of nitrogens with two attached hydrogens (primary N) is 1. The van der Waals surface area contributed by atoms with Crippen molar-refractivity contribution in [2.24, 2.45) is 5.73 Å². The number of carbonyl (C=O) groups excluding carboxylic acids is 1. The number of amides is 1. The molecule has 0 atom stereocenters. The Hall–Kier alpha value is -6.25. The number of pyridine rings is 1. The minimum absolute atomic E-state index is 0.355. The van der Waals surface area contributed by atoms with Crippen LogP contribution in [0.1, 0.15) is 27.0 Å². The Balaban J connectivity index is 1.36. The number of hydrogen-bond acceptors (Lipinski definition) is 5. The van der Waals surface area contributed by atoms with Crippen LogP contribution in [-0.2, 0) is 5.54 Å². The molecule has 8 rings (SSSR count). The van der Waals surface area contributed by atoms with E-state index in [9.17, 15) is 4.79 Å². The normalized spacial score (nSPS) is 11.5. The van der Waals surface area contributed by atoms with Gasteiger partial charge in [0.2, 0.25) is 5.91 Å². The van der Waals surface area contributed by atoms with Gasteiger partial charge in [-0.2, -0.15) is 5.10 Å². The number of rotatable bonds is 9. The van der Waals surface area contributed by atoms with E-state index in [2.05, 4.69) is 137 Å². The highest BCUT2D eigenvalue weighted by atomic mass is 32.2. The Bertz CT molecular complexity index is 2320. The van der Waals surface area contributed by atoms with E-state index in [1.807, 2.05) is 22.8 Å². The van der Waals surface area contributed by atoms with Crippen molar-refractivity contribution in [2.75, 3.05) is 6.26 Å². The van der Waals surface area contributed by atoms with Gasteiger partial charge in [0.25, 0.3) is 0 Å². The molecule has 1 amide bonds. The predicted molar refractivity (Wildman–Crippen MR) is 200 cm³/mol. The number of imidazole rings is 1. The molecule has 0 aliphatic carbocycles. The highest BCUT2D eigenvalue weighted by Crippen LogP contribution is 2.43. The van der Waals surface area contributed by atoms with Gasteiger partial charge in [-0.25, -0.2) is 9.97 Å². The minimum Gasteiger partial charge on any atom is -0.366 e. The van der Waals surface area contributed by atoms with Gasteiger partial charge in [0.1, 0.15) is 23.4 Å². The van der Waals surface area contributed by atoms with E-state index in [-0.39, 0.29) is 0 Å². The van der Waals surface area contributed by atoms with Gasteiger partial charge >= 0.3 is 0 Å². The molecule has 242 valence electrons. The summed E-state index contributed by atoms with van der Waals surface area (Å²) >= 11 is 1.71. The third-order valence-corrected chi connectivity index (χ3v) is 9.88. The zero-order valence-corrected chi connectivity index (χ0v) is 28.0. The molecule has 3 aromatic heterocycles. The van der Waals surface area contributed by atoms with Crippen LogP contribution in [0.4, 0.5) is 0 Å². The molecule has 0 unspecified atom stereocenters. The third kappa shape index (κ3) is 5.36. The Kier molecular flexibility index (Phi) is 8.06. The fraction of sp³-hybridized carbons (Fsp3) is 0.0476. The number of benzene rings is 5. The molecule has 0 saturated heterocycles. The highest BCUT2D eigenvalue weighted by Gasteiger charge is 2.40. The minimum atomic E-state index is -0.773. The maximum atomic E-state index is 11.6. The second kappa shape index (κ2) is 13.0. The van der Waals surface area contributed by atoms with Gasteiger partial charge in [-0.15, -0.1) is 11.8 Å². The van der Waals surface area contributed by atoms with E-state index >= 15 is 0 Å². The molecule has 0 bridgehead atoms. The summed E-state index contributed by atoms with van der Waals surface area (Å²) in [4.78, 5) is 22.0. The molecule has 0 spiro atoms. The standard InChI is InChI=1S/C42H32N6OS/c1-50-35-21-17-29(18-22-35)40-36(30-19-23-38-37(25-30)45-28-47(38)39-24-20-31(26-44-39)41(43)49)27-48(46-40)42(32-11-5-2-6-12-32,33-13-7-3-8-14-33)34-15-9-4-10-16-34/h2-28H,1H3,(H2,43,49).